The molecule has 0 unspecified atom stereocenters. The van der Waals surface area contributed by atoms with E-state index in [0.717, 1.165) is 17.7 Å². The Balaban J connectivity index is 2.15. The van der Waals surface area contributed by atoms with Gasteiger partial charge in [-0.2, -0.15) is 13.2 Å². The second-order valence-corrected chi connectivity index (χ2v) is 4.98. The zero-order chi connectivity index (χ0) is 13.9. The van der Waals surface area contributed by atoms with Gasteiger partial charge < -0.3 is 5.32 Å². The van der Waals surface area contributed by atoms with Gasteiger partial charge in [-0.15, -0.1) is 0 Å². The van der Waals surface area contributed by atoms with Gasteiger partial charge in [-0.05, 0) is 23.8 Å². The second-order valence-electron chi connectivity index (χ2n) is 4.07. The summed E-state index contributed by atoms with van der Waals surface area (Å²) in [5.41, 5.74) is 0.777. The zero-order valence-electron chi connectivity index (χ0n) is 9.84. The lowest BCUT2D eigenvalue weighted by Crippen LogP contribution is -2.06. The molecule has 100 valence electrons. The number of hydrogen-bond donors (Lipinski definition) is 1. The third kappa shape index (κ3) is 3.99. The van der Waals surface area contributed by atoms with Gasteiger partial charge in [0, 0.05) is 16.7 Å². The van der Waals surface area contributed by atoms with Crippen LogP contribution in [0.4, 0.5) is 18.9 Å². The summed E-state index contributed by atoms with van der Waals surface area (Å²) in [6.07, 6.45) is -4.34. The van der Waals surface area contributed by atoms with E-state index in [1.807, 2.05) is 30.3 Å². The monoisotopic (exact) mass is 329 g/mol. The molecular formula is C14H11BrF3N. The Morgan fingerprint density at radius 3 is 2.32 bits per heavy atom. The summed E-state index contributed by atoms with van der Waals surface area (Å²) in [6, 6.07) is 13.3. The number of nitrogens with one attached hydrogen (secondary N) is 1. The minimum Gasteiger partial charge on any atom is -0.381 e. The predicted octanol–water partition coefficient (Wildman–Crippen LogP) is 5.08. The summed E-state index contributed by atoms with van der Waals surface area (Å²) in [6.45, 7) is 0.481. The van der Waals surface area contributed by atoms with Crippen molar-refractivity contribution in [1.29, 1.82) is 0 Å². The van der Waals surface area contributed by atoms with Crippen molar-refractivity contribution in [1.82, 2.24) is 0 Å². The molecule has 0 saturated carbocycles. The fraction of sp³-hybridized carbons (Fsp3) is 0.143. The van der Waals surface area contributed by atoms with E-state index in [2.05, 4.69) is 21.2 Å². The first kappa shape index (κ1) is 13.9. The van der Waals surface area contributed by atoms with Gasteiger partial charge in [0.05, 0.1) is 5.56 Å². The molecule has 0 aliphatic heterocycles. The molecule has 0 saturated heterocycles. The van der Waals surface area contributed by atoms with E-state index in [1.54, 1.807) is 6.07 Å². The van der Waals surface area contributed by atoms with Crippen LogP contribution in [0.5, 0.6) is 0 Å². The number of alkyl halides is 3. The molecule has 2 aromatic carbocycles. The van der Waals surface area contributed by atoms with Crippen LogP contribution in [0.2, 0.25) is 0 Å². The Morgan fingerprint density at radius 1 is 1.00 bits per heavy atom. The van der Waals surface area contributed by atoms with E-state index < -0.39 is 11.7 Å². The molecule has 0 radical (unpaired) electrons. The van der Waals surface area contributed by atoms with Gasteiger partial charge in [-0.1, -0.05) is 46.3 Å². The quantitative estimate of drug-likeness (QED) is 0.827. The molecule has 2 aromatic rings. The van der Waals surface area contributed by atoms with Gasteiger partial charge in [-0.3, -0.25) is 0 Å². The van der Waals surface area contributed by atoms with Crippen LogP contribution in [0, 0.1) is 0 Å². The first-order valence-corrected chi connectivity index (χ1v) is 6.40. The van der Waals surface area contributed by atoms with Crippen molar-refractivity contribution in [2.75, 3.05) is 5.32 Å². The third-order valence-electron chi connectivity index (χ3n) is 2.56. The Bertz CT molecular complexity index is 552. The maximum Gasteiger partial charge on any atom is 0.416 e. The van der Waals surface area contributed by atoms with Gasteiger partial charge in [-0.25, -0.2) is 0 Å². The second kappa shape index (κ2) is 5.65. The molecule has 0 heterocycles. The largest absolute Gasteiger partial charge is 0.416 e. The van der Waals surface area contributed by atoms with Gasteiger partial charge in [0.15, 0.2) is 0 Å². The molecule has 0 aliphatic rings. The van der Waals surface area contributed by atoms with E-state index >= 15 is 0 Å². The number of benzene rings is 2. The van der Waals surface area contributed by atoms with Crippen molar-refractivity contribution in [3.63, 3.8) is 0 Å². The Kier molecular flexibility index (Phi) is 4.14. The molecule has 2 rings (SSSR count). The first-order chi connectivity index (χ1) is 8.95. The van der Waals surface area contributed by atoms with E-state index in [4.69, 9.17) is 0 Å². The molecule has 0 bridgehead atoms. The van der Waals surface area contributed by atoms with Crippen LogP contribution < -0.4 is 5.32 Å². The van der Waals surface area contributed by atoms with Gasteiger partial charge in [0.25, 0.3) is 0 Å². The van der Waals surface area contributed by atoms with Crippen molar-refractivity contribution in [3.05, 3.63) is 64.1 Å². The van der Waals surface area contributed by atoms with Gasteiger partial charge in [0.2, 0.25) is 0 Å². The highest BCUT2D eigenvalue weighted by atomic mass is 79.9. The number of halogens is 4. The summed E-state index contributed by atoms with van der Waals surface area (Å²) in [5.74, 6) is 0. The topological polar surface area (TPSA) is 12.0 Å². The average Bonchev–Trinajstić information content (AvgIpc) is 2.36. The molecule has 0 aliphatic carbocycles. The molecule has 1 nitrogen and oxygen atoms in total. The van der Waals surface area contributed by atoms with Crippen molar-refractivity contribution in [2.45, 2.75) is 12.7 Å². The number of rotatable bonds is 3. The summed E-state index contributed by atoms with van der Waals surface area (Å²) < 4.78 is 38.4. The van der Waals surface area contributed by atoms with E-state index in [0.29, 0.717) is 16.7 Å². The highest BCUT2D eigenvalue weighted by molar-refractivity contribution is 9.10. The van der Waals surface area contributed by atoms with Crippen molar-refractivity contribution in [2.24, 2.45) is 0 Å². The van der Waals surface area contributed by atoms with Crippen LogP contribution in [0.3, 0.4) is 0 Å². The lowest BCUT2D eigenvalue weighted by molar-refractivity contribution is -0.137. The molecular weight excluding hydrogens is 319 g/mol. The van der Waals surface area contributed by atoms with Crippen LogP contribution in [0.1, 0.15) is 11.1 Å². The smallest absolute Gasteiger partial charge is 0.381 e. The molecule has 0 atom stereocenters. The zero-order valence-corrected chi connectivity index (χ0v) is 11.4. The Hall–Kier alpha value is -1.49. The Labute approximate surface area is 117 Å². The first-order valence-electron chi connectivity index (χ1n) is 5.61. The van der Waals surface area contributed by atoms with Crippen LogP contribution in [0.15, 0.2) is 53.0 Å². The summed E-state index contributed by atoms with van der Waals surface area (Å²) in [7, 11) is 0. The van der Waals surface area contributed by atoms with Crippen molar-refractivity contribution in [3.8, 4) is 0 Å². The number of anilines is 1. The van der Waals surface area contributed by atoms with E-state index in [9.17, 15) is 13.2 Å². The standard InChI is InChI=1S/C14H11BrF3N/c15-12-6-11(14(16,17)18)7-13(8-12)19-9-10-4-2-1-3-5-10/h1-8,19H,9H2. The minimum atomic E-state index is -4.34. The summed E-state index contributed by atoms with van der Waals surface area (Å²) >= 11 is 3.09. The Morgan fingerprint density at radius 2 is 1.68 bits per heavy atom. The fourth-order valence-corrected chi connectivity index (χ4v) is 2.15. The minimum absolute atomic E-state index is 0.401. The molecule has 0 fully saturated rings. The molecule has 5 heteroatoms. The molecule has 0 spiro atoms. The summed E-state index contributed by atoms with van der Waals surface area (Å²) in [5, 5.41) is 2.98. The van der Waals surface area contributed by atoms with E-state index in [-0.39, 0.29) is 0 Å². The predicted molar refractivity (Wildman–Crippen MR) is 72.9 cm³/mol. The maximum atomic E-state index is 12.7. The van der Waals surface area contributed by atoms with Crippen LogP contribution in [0.25, 0.3) is 0 Å². The molecule has 0 amide bonds. The average molecular weight is 330 g/mol. The lowest BCUT2D eigenvalue weighted by atomic mass is 10.2. The van der Waals surface area contributed by atoms with Crippen LogP contribution >= 0.6 is 15.9 Å². The van der Waals surface area contributed by atoms with E-state index in [1.165, 1.54) is 0 Å². The summed E-state index contributed by atoms with van der Waals surface area (Å²) in [4.78, 5) is 0. The van der Waals surface area contributed by atoms with Crippen molar-refractivity contribution < 1.29 is 13.2 Å². The fourth-order valence-electron chi connectivity index (χ4n) is 1.66. The highest BCUT2D eigenvalue weighted by Crippen LogP contribution is 2.33. The normalized spacial score (nSPS) is 11.4. The molecule has 0 aromatic heterocycles. The SMILES string of the molecule is FC(F)(F)c1cc(Br)cc(NCc2ccccc2)c1. The molecule has 19 heavy (non-hydrogen) atoms. The third-order valence-corrected chi connectivity index (χ3v) is 3.02. The molecule has 1 N–H and O–H groups in total. The van der Waals surface area contributed by atoms with Crippen molar-refractivity contribution >= 4 is 21.6 Å². The number of hydrogen-bond acceptors (Lipinski definition) is 1. The maximum absolute atomic E-state index is 12.7. The van der Waals surface area contributed by atoms with Gasteiger partial charge >= 0.3 is 6.18 Å². The van der Waals surface area contributed by atoms with Gasteiger partial charge in [0.1, 0.15) is 0 Å². The highest BCUT2D eigenvalue weighted by Gasteiger charge is 2.31. The van der Waals surface area contributed by atoms with Crippen LogP contribution in [-0.2, 0) is 12.7 Å². The lowest BCUT2D eigenvalue weighted by Gasteiger charge is -2.12. The van der Waals surface area contributed by atoms with Crippen LogP contribution in [-0.4, -0.2) is 0 Å².